The number of azide groups is 1. The maximum Gasteiger partial charge on any atom is 0.416 e. The van der Waals surface area contributed by atoms with Gasteiger partial charge in [-0.05, 0) is 23.7 Å². The lowest BCUT2D eigenvalue weighted by atomic mass is 10.1. The summed E-state index contributed by atoms with van der Waals surface area (Å²) in [4.78, 5) is 13.2. The average molecular weight is 244 g/mol. The monoisotopic (exact) mass is 244 g/mol. The van der Waals surface area contributed by atoms with Crippen molar-refractivity contribution < 1.29 is 18.0 Å². The number of amides is 1. The van der Waals surface area contributed by atoms with Crippen LogP contribution in [-0.2, 0) is 11.0 Å². The molecular weight excluding hydrogens is 237 g/mol. The van der Waals surface area contributed by atoms with E-state index in [4.69, 9.17) is 5.53 Å². The lowest BCUT2D eigenvalue weighted by molar-refractivity contribution is -0.137. The largest absolute Gasteiger partial charge is 0.416 e. The summed E-state index contributed by atoms with van der Waals surface area (Å²) in [6.07, 6.45) is -4.53. The van der Waals surface area contributed by atoms with Crippen molar-refractivity contribution in [1.82, 2.24) is 0 Å². The summed E-state index contributed by atoms with van der Waals surface area (Å²) in [6, 6.07) is 2.50. The van der Waals surface area contributed by atoms with E-state index in [-0.39, 0.29) is 11.4 Å². The molecule has 1 rings (SSSR count). The van der Waals surface area contributed by atoms with Crippen molar-refractivity contribution in [1.29, 1.82) is 0 Å². The fourth-order valence-corrected chi connectivity index (χ4v) is 1.13. The minimum absolute atomic E-state index is 0.0308. The van der Waals surface area contributed by atoms with E-state index in [1.165, 1.54) is 6.92 Å². The Labute approximate surface area is 93.9 Å². The van der Waals surface area contributed by atoms with Crippen molar-refractivity contribution in [3.63, 3.8) is 0 Å². The van der Waals surface area contributed by atoms with Crippen LogP contribution in [0.5, 0.6) is 0 Å². The van der Waals surface area contributed by atoms with Crippen LogP contribution < -0.4 is 5.32 Å². The molecular formula is C9H7F3N4O. The molecule has 90 valence electrons. The zero-order valence-corrected chi connectivity index (χ0v) is 8.62. The maximum absolute atomic E-state index is 12.4. The number of nitrogens with one attached hydrogen (secondary N) is 1. The molecule has 0 spiro atoms. The van der Waals surface area contributed by atoms with E-state index >= 15 is 0 Å². The van der Waals surface area contributed by atoms with Gasteiger partial charge in [-0.15, -0.1) is 0 Å². The number of hydrogen-bond donors (Lipinski definition) is 1. The molecule has 0 bridgehead atoms. The Kier molecular flexibility index (Phi) is 3.59. The van der Waals surface area contributed by atoms with Crippen molar-refractivity contribution in [2.24, 2.45) is 5.11 Å². The molecule has 1 aromatic carbocycles. The summed E-state index contributed by atoms with van der Waals surface area (Å²) < 4.78 is 37.1. The lowest BCUT2D eigenvalue weighted by Gasteiger charge is -2.10. The molecule has 0 aliphatic rings. The second-order valence-corrected chi connectivity index (χ2v) is 3.10. The first-order chi connectivity index (χ1) is 7.84. The molecule has 0 aliphatic carbocycles. The quantitative estimate of drug-likeness (QED) is 0.481. The highest BCUT2D eigenvalue weighted by molar-refractivity contribution is 5.92. The molecule has 1 N–H and O–H groups in total. The summed E-state index contributed by atoms with van der Waals surface area (Å²) in [6.45, 7) is 1.19. The number of carbonyl (C=O) groups excluding carboxylic acids is 1. The normalized spacial score (nSPS) is 10.6. The Morgan fingerprint density at radius 1 is 1.47 bits per heavy atom. The summed E-state index contributed by atoms with van der Waals surface area (Å²) in [5.41, 5.74) is 7.04. The number of alkyl halides is 3. The van der Waals surface area contributed by atoms with Crippen LogP contribution in [0.25, 0.3) is 10.4 Å². The first-order valence-electron chi connectivity index (χ1n) is 4.38. The summed E-state index contributed by atoms with van der Waals surface area (Å²) in [5.74, 6) is -0.473. The smallest absolute Gasteiger partial charge is 0.326 e. The number of halogens is 3. The molecule has 0 saturated carbocycles. The zero-order valence-electron chi connectivity index (χ0n) is 8.62. The van der Waals surface area contributed by atoms with Crippen molar-refractivity contribution in [2.45, 2.75) is 13.1 Å². The minimum atomic E-state index is -4.53. The van der Waals surface area contributed by atoms with E-state index in [2.05, 4.69) is 15.3 Å². The molecule has 0 atom stereocenters. The maximum atomic E-state index is 12.4. The van der Waals surface area contributed by atoms with Crippen LogP contribution >= 0.6 is 0 Å². The van der Waals surface area contributed by atoms with Gasteiger partial charge in [0.15, 0.2) is 0 Å². The van der Waals surface area contributed by atoms with E-state index in [1.807, 2.05) is 0 Å². The Bertz CT molecular complexity index is 492. The van der Waals surface area contributed by atoms with E-state index in [1.54, 1.807) is 0 Å². The van der Waals surface area contributed by atoms with Gasteiger partial charge in [-0.25, -0.2) is 0 Å². The predicted molar refractivity (Wildman–Crippen MR) is 54.6 cm³/mol. The lowest BCUT2D eigenvalue weighted by Crippen LogP contribution is -2.08. The van der Waals surface area contributed by atoms with Gasteiger partial charge < -0.3 is 5.32 Å². The topological polar surface area (TPSA) is 77.9 Å². The molecule has 1 amide bonds. The molecule has 0 heterocycles. The fraction of sp³-hybridized carbons (Fsp3) is 0.222. The zero-order chi connectivity index (χ0) is 13.1. The summed E-state index contributed by atoms with van der Waals surface area (Å²) in [5, 5.41) is 5.37. The fourth-order valence-electron chi connectivity index (χ4n) is 1.13. The van der Waals surface area contributed by atoms with Gasteiger partial charge in [0.2, 0.25) is 5.91 Å². The molecule has 5 nitrogen and oxygen atoms in total. The van der Waals surface area contributed by atoms with Crippen LogP contribution in [-0.4, -0.2) is 5.91 Å². The van der Waals surface area contributed by atoms with Crippen molar-refractivity contribution in [3.8, 4) is 0 Å². The predicted octanol–water partition coefficient (Wildman–Crippen LogP) is 3.61. The van der Waals surface area contributed by atoms with Gasteiger partial charge in [0, 0.05) is 11.8 Å². The summed E-state index contributed by atoms with van der Waals surface area (Å²) in [7, 11) is 0. The van der Waals surface area contributed by atoms with Crippen LogP contribution in [0.2, 0.25) is 0 Å². The second kappa shape index (κ2) is 4.75. The molecule has 0 saturated heterocycles. The average Bonchev–Trinajstić information content (AvgIpc) is 2.18. The van der Waals surface area contributed by atoms with E-state index in [0.29, 0.717) is 6.07 Å². The standard InChI is InChI=1S/C9H7F3N4O/c1-5(17)14-7-3-2-6(9(10,11)12)4-8(7)15-16-13/h2-4H,1H3,(H,14,17). The van der Waals surface area contributed by atoms with Crippen LogP contribution in [0.3, 0.4) is 0 Å². The molecule has 8 heteroatoms. The van der Waals surface area contributed by atoms with Crippen molar-refractivity contribution >= 4 is 17.3 Å². The van der Waals surface area contributed by atoms with Crippen LogP contribution in [0.15, 0.2) is 23.3 Å². The van der Waals surface area contributed by atoms with Gasteiger partial charge in [-0.3, -0.25) is 4.79 Å². The molecule has 0 aromatic heterocycles. The van der Waals surface area contributed by atoms with Gasteiger partial charge in [-0.1, -0.05) is 5.11 Å². The molecule has 0 aliphatic heterocycles. The molecule has 1 aromatic rings. The third-order valence-electron chi connectivity index (χ3n) is 1.79. The highest BCUT2D eigenvalue weighted by Crippen LogP contribution is 2.35. The van der Waals surface area contributed by atoms with E-state index < -0.39 is 17.6 Å². The minimum Gasteiger partial charge on any atom is -0.326 e. The second-order valence-electron chi connectivity index (χ2n) is 3.10. The first-order valence-corrected chi connectivity index (χ1v) is 4.38. The van der Waals surface area contributed by atoms with Crippen LogP contribution in [0, 0.1) is 0 Å². The number of benzene rings is 1. The van der Waals surface area contributed by atoms with Crippen molar-refractivity contribution in [3.05, 3.63) is 34.2 Å². The van der Waals surface area contributed by atoms with E-state index in [9.17, 15) is 18.0 Å². The molecule has 0 fully saturated rings. The first kappa shape index (κ1) is 12.9. The van der Waals surface area contributed by atoms with Gasteiger partial charge in [0.25, 0.3) is 0 Å². The van der Waals surface area contributed by atoms with Gasteiger partial charge in [-0.2, -0.15) is 13.2 Å². The van der Waals surface area contributed by atoms with Crippen LogP contribution in [0.1, 0.15) is 12.5 Å². The summed E-state index contributed by atoms with van der Waals surface area (Å²) >= 11 is 0. The number of nitrogens with zero attached hydrogens (tertiary/aromatic N) is 3. The SMILES string of the molecule is CC(=O)Nc1ccc(C(F)(F)F)cc1N=[N+]=[N-]. The third kappa shape index (κ3) is 3.39. The van der Waals surface area contributed by atoms with Crippen molar-refractivity contribution in [2.75, 3.05) is 5.32 Å². The number of anilines is 1. The molecule has 0 unspecified atom stereocenters. The number of rotatable bonds is 2. The Morgan fingerprint density at radius 2 is 2.12 bits per heavy atom. The Morgan fingerprint density at radius 3 is 2.59 bits per heavy atom. The van der Waals surface area contributed by atoms with E-state index in [0.717, 1.165) is 12.1 Å². The third-order valence-corrected chi connectivity index (χ3v) is 1.79. The Hall–Kier alpha value is -2.21. The van der Waals surface area contributed by atoms with Gasteiger partial charge in [0.1, 0.15) is 0 Å². The van der Waals surface area contributed by atoms with Crippen LogP contribution in [0.4, 0.5) is 24.5 Å². The Balaban J connectivity index is 3.26. The number of carbonyl (C=O) groups is 1. The highest BCUT2D eigenvalue weighted by atomic mass is 19.4. The van der Waals surface area contributed by atoms with Gasteiger partial charge in [0.05, 0.1) is 16.9 Å². The number of hydrogen-bond acceptors (Lipinski definition) is 2. The molecule has 0 radical (unpaired) electrons. The molecule has 17 heavy (non-hydrogen) atoms. The highest BCUT2D eigenvalue weighted by Gasteiger charge is 2.30. The van der Waals surface area contributed by atoms with Gasteiger partial charge >= 0.3 is 6.18 Å².